The summed E-state index contributed by atoms with van der Waals surface area (Å²) in [6, 6.07) is 0.692. The average Bonchev–Trinajstić information content (AvgIpc) is 2.77. The molecule has 18 heavy (non-hydrogen) atoms. The summed E-state index contributed by atoms with van der Waals surface area (Å²) in [4.78, 5) is 2.61. The second-order valence-electron chi connectivity index (χ2n) is 6.05. The maximum atomic E-state index is 5.81. The van der Waals surface area contributed by atoms with E-state index in [-0.39, 0.29) is 5.79 Å². The van der Waals surface area contributed by atoms with Gasteiger partial charge in [-0.05, 0) is 26.7 Å². The third-order valence-electron chi connectivity index (χ3n) is 4.49. The highest BCUT2D eigenvalue weighted by molar-refractivity contribution is 4.89. The summed E-state index contributed by atoms with van der Waals surface area (Å²) in [6.45, 7) is 8.05. The molecule has 2 heterocycles. The average molecular weight is 255 g/mol. The molecular weight excluding hydrogens is 230 g/mol. The van der Waals surface area contributed by atoms with Crippen LogP contribution in [0.25, 0.3) is 0 Å². The van der Waals surface area contributed by atoms with Crippen LogP contribution in [0.15, 0.2) is 0 Å². The molecule has 104 valence electrons. The summed E-state index contributed by atoms with van der Waals surface area (Å²) < 4.78 is 17.4. The Morgan fingerprint density at radius 1 is 0.944 bits per heavy atom. The van der Waals surface area contributed by atoms with E-state index in [0.29, 0.717) is 18.2 Å². The Balaban J connectivity index is 1.55. The lowest BCUT2D eigenvalue weighted by Crippen LogP contribution is -2.52. The first-order valence-corrected chi connectivity index (χ1v) is 7.34. The van der Waals surface area contributed by atoms with Gasteiger partial charge in [0.05, 0.1) is 25.4 Å². The van der Waals surface area contributed by atoms with E-state index < -0.39 is 0 Å². The number of hydrogen-bond donors (Lipinski definition) is 0. The molecule has 4 nitrogen and oxygen atoms in total. The van der Waals surface area contributed by atoms with E-state index in [1.165, 1.54) is 12.8 Å². The summed E-state index contributed by atoms with van der Waals surface area (Å²) in [5, 5.41) is 0. The molecule has 2 saturated heterocycles. The lowest BCUT2D eigenvalue weighted by molar-refractivity contribution is -0.188. The maximum absolute atomic E-state index is 5.81. The summed E-state index contributed by atoms with van der Waals surface area (Å²) in [5.74, 6) is -0.222. The van der Waals surface area contributed by atoms with Crippen molar-refractivity contribution in [1.82, 2.24) is 4.90 Å². The summed E-state index contributed by atoms with van der Waals surface area (Å²) in [6.07, 6.45) is 5.22. The van der Waals surface area contributed by atoms with Crippen molar-refractivity contribution in [2.75, 3.05) is 26.3 Å². The van der Waals surface area contributed by atoms with Crippen molar-refractivity contribution < 1.29 is 14.2 Å². The molecule has 1 saturated carbocycles. The fraction of sp³-hybridized carbons (Fsp3) is 1.00. The predicted octanol–water partition coefficient (Wildman–Crippen LogP) is 1.78. The van der Waals surface area contributed by atoms with E-state index in [9.17, 15) is 0 Å². The second-order valence-corrected chi connectivity index (χ2v) is 6.05. The van der Waals surface area contributed by atoms with Gasteiger partial charge in [0.15, 0.2) is 5.79 Å². The molecule has 1 spiro atoms. The molecule has 0 aromatic carbocycles. The van der Waals surface area contributed by atoms with Crippen LogP contribution in [0.3, 0.4) is 0 Å². The van der Waals surface area contributed by atoms with Crippen molar-refractivity contribution in [3.05, 3.63) is 0 Å². The zero-order valence-electron chi connectivity index (χ0n) is 11.6. The zero-order valence-corrected chi connectivity index (χ0v) is 11.6. The monoisotopic (exact) mass is 255 g/mol. The van der Waals surface area contributed by atoms with E-state index in [0.717, 1.165) is 39.1 Å². The number of nitrogens with zero attached hydrogens (tertiary/aromatic N) is 1. The Kier molecular flexibility index (Phi) is 3.63. The van der Waals surface area contributed by atoms with Crippen molar-refractivity contribution in [3.63, 3.8) is 0 Å². The molecule has 0 radical (unpaired) electrons. The van der Waals surface area contributed by atoms with Crippen molar-refractivity contribution in [2.45, 2.75) is 63.6 Å². The summed E-state index contributed by atoms with van der Waals surface area (Å²) in [7, 11) is 0. The maximum Gasteiger partial charge on any atom is 0.168 e. The van der Waals surface area contributed by atoms with Gasteiger partial charge in [0.25, 0.3) is 0 Å². The van der Waals surface area contributed by atoms with Crippen LogP contribution in [0.2, 0.25) is 0 Å². The van der Waals surface area contributed by atoms with Gasteiger partial charge in [0.2, 0.25) is 0 Å². The molecule has 0 amide bonds. The molecule has 2 aliphatic heterocycles. The van der Waals surface area contributed by atoms with Crippen LogP contribution in [0, 0.1) is 0 Å². The molecule has 2 atom stereocenters. The third kappa shape index (κ3) is 2.57. The Bertz CT molecular complexity index is 271. The Morgan fingerprint density at radius 3 is 2.06 bits per heavy atom. The highest BCUT2D eigenvalue weighted by Crippen LogP contribution is 2.37. The van der Waals surface area contributed by atoms with Gasteiger partial charge in [-0.3, -0.25) is 4.90 Å². The van der Waals surface area contributed by atoms with Gasteiger partial charge in [0, 0.05) is 32.0 Å². The Hall–Kier alpha value is -0.160. The van der Waals surface area contributed by atoms with Crippen LogP contribution in [0.5, 0.6) is 0 Å². The standard InChI is InChI=1S/C14H25NO3/c1-11-9-15(10-12(2)18-11)13-3-5-14(6-4-13)16-7-8-17-14/h11-13H,3-10H2,1-2H3/t11-,12+. The smallest absolute Gasteiger partial charge is 0.168 e. The van der Waals surface area contributed by atoms with Gasteiger partial charge in [-0.15, -0.1) is 0 Å². The van der Waals surface area contributed by atoms with Crippen LogP contribution < -0.4 is 0 Å². The minimum Gasteiger partial charge on any atom is -0.373 e. The van der Waals surface area contributed by atoms with Gasteiger partial charge >= 0.3 is 0 Å². The molecule has 1 aliphatic carbocycles. The van der Waals surface area contributed by atoms with Gasteiger partial charge in [-0.2, -0.15) is 0 Å². The normalized spacial score (nSPS) is 38.3. The summed E-state index contributed by atoms with van der Waals surface area (Å²) >= 11 is 0. The molecule has 0 aromatic heterocycles. The van der Waals surface area contributed by atoms with Crippen LogP contribution in [-0.2, 0) is 14.2 Å². The van der Waals surface area contributed by atoms with Gasteiger partial charge < -0.3 is 14.2 Å². The highest BCUT2D eigenvalue weighted by atomic mass is 16.7. The molecule has 3 fully saturated rings. The SMILES string of the molecule is C[C@@H]1CN(C2CCC3(CC2)OCCO3)C[C@H](C)O1. The van der Waals surface area contributed by atoms with E-state index in [4.69, 9.17) is 14.2 Å². The first-order valence-electron chi connectivity index (χ1n) is 7.34. The topological polar surface area (TPSA) is 30.9 Å². The molecule has 4 heteroatoms. The molecule has 0 N–H and O–H groups in total. The van der Waals surface area contributed by atoms with E-state index >= 15 is 0 Å². The van der Waals surface area contributed by atoms with E-state index in [1.807, 2.05) is 0 Å². The minimum atomic E-state index is -0.222. The van der Waals surface area contributed by atoms with Crippen molar-refractivity contribution in [2.24, 2.45) is 0 Å². The van der Waals surface area contributed by atoms with Crippen LogP contribution in [-0.4, -0.2) is 55.2 Å². The number of rotatable bonds is 1. The van der Waals surface area contributed by atoms with Crippen molar-refractivity contribution in [3.8, 4) is 0 Å². The molecule has 3 aliphatic rings. The van der Waals surface area contributed by atoms with E-state index in [2.05, 4.69) is 18.7 Å². The lowest BCUT2D eigenvalue weighted by atomic mass is 9.88. The molecule has 0 bridgehead atoms. The van der Waals surface area contributed by atoms with Gasteiger partial charge in [0.1, 0.15) is 0 Å². The minimum absolute atomic E-state index is 0.222. The van der Waals surface area contributed by atoms with Crippen LogP contribution >= 0.6 is 0 Å². The molecule has 0 aromatic rings. The number of morpholine rings is 1. The second kappa shape index (κ2) is 5.08. The van der Waals surface area contributed by atoms with Crippen LogP contribution in [0.1, 0.15) is 39.5 Å². The number of ether oxygens (including phenoxy) is 3. The predicted molar refractivity (Wildman–Crippen MR) is 68.5 cm³/mol. The first kappa shape index (κ1) is 12.9. The Labute approximate surface area is 110 Å². The van der Waals surface area contributed by atoms with Crippen LogP contribution in [0.4, 0.5) is 0 Å². The highest BCUT2D eigenvalue weighted by Gasteiger charge is 2.42. The largest absolute Gasteiger partial charge is 0.373 e. The fourth-order valence-electron chi connectivity index (χ4n) is 3.71. The lowest BCUT2D eigenvalue weighted by Gasteiger charge is -2.44. The van der Waals surface area contributed by atoms with Crippen molar-refractivity contribution >= 4 is 0 Å². The fourth-order valence-corrected chi connectivity index (χ4v) is 3.71. The van der Waals surface area contributed by atoms with Crippen molar-refractivity contribution in [1.29, 1.82) is 0 Å². The summed E-state index contributed by atoms with van der Waals surface area (Å²) in [5.41, 5.74) is 0. The van der Waals surface area contributed by atoms with Gasteiger partial charge in [-0.1, -0.05) is 0 Å². The Morgan fingerprint density at radius 2 is 1.50 bits per heavy atom. The molecular formula is C14H25NO3. The zero-order chi connectivity index (χ0) is 12.6. The number of hydrogen-bond acceptors (Lipinski definition) is 4. The van der Waals surface area contributed by atoms with E-state index in [1.54, 1.807) is 0 Å². The van der Waals surface area contributed by atoms with Gasteiger partial charge in [-0.25, -0.2) is 0 Å². The molecule has 3 rings (SSSR count). The quantitative estimate of drug-likeness (QED) is 0.714. The first-order chi connectivity index (χ1) is 8.67. The third-order valence-corrected chi connectivity index (χ3v) is 4.49. The molecule has 0 unspecified atom stereocenters.